The summed E-state index contributed by atoms with van der Waals surface area (Å²) in [5.74, 6) is 0.752. The lowest BCUT2D eigenvalue weighted by atomic mass is 9.83. The highest BCUT2D eigenvalue weighted by molar-refractivity contribution is 5.99. The fourth-order valence-electron chi connectivity index (χ4n) is 7.12. The maximum absolute atomic E-state index is 2.53. The van der Waals surface area contributed by atoms with Crippen LogP contribution in [-0.2, 0) is 0 Å². The van der Waals surface area contributed by atoms with E-state index in [0.717, 1.165) is 0 Å². The Morgan fingerprint density at radius 2 is 1.43 bits per heavy atom. The second-order valence-corrected chi connectivity index (χ2v) is 12.8. The number of allylic oxidation sites excluding steroid dienone is 8. The van der Waals surface area contributed by atoms with Gasteiger partial charge in [-0.1, -0.05) is 147 Å². The zero-order chi connectivity index (χ0) is 34.3. The number of hydrogen-bond acceptors (Lipinski definition) is 0. The average molecular weight is 638 g/mol. The minimum absolute atomic E-state index is 0.320. The summed E-state index contributed by atoms with van der Waals surface area (Å²) in [6.07, 6.45) is 19.9. The van der Waals surface area contributed by atoms with Crippen LogP contribution in [0.3, 0.4) is 0 Å². The lowest BCUT2D eigenvalue weighted by molar-refractivity contribution is 0.612. The van der Waals surface area contributed by atoms with Crippen molar-refractivity contribution in [3.63, 3.8) is 0 Å². The Labute approximate surface area is 293 Å². The molecule has 244 valence electrons. The minimum Gasteiger partial charge on any atom is -0.312 e. The van der Waals surface area contributed by atoms with E-state index in [-0.39, 0.29) is 0 Å². The highest BCUT2D eigenvalue weighted by Gasteiger charge is 2.29. The second-order valence-electron chi connectivity index (χ2n) is 12.8. The topological polar surface area (TPSA) is 4.93 Å². The zero-order valence-corrected chi connectivity index (χ0v) is 29.7. The maximum Gasteiger partial charge on any atom is 0.0538 e. The predicted molar refractivity (Wildman–Crippen MR) is 216 cm³/mol. The van der Waals surface area contributed by atoms with Crippen LogP contribution in [0.2, 0.25) is 0 Å². The van der Waals surface area contributed by atoms with Crippen LogP contribution in [0.1, 0.15) is 68.5 Å². The van der Waals surface area contributed by atoms with E-state index < -0.39 is 0 Å². The molecule has 1 heteroatoms. The Bertz CT molecular complexity index is 2230. The summed E-state index contributed by atoms with van der Waals surface area (Å²) in [7, 11) is 0. The van der Waals surface area contributed by atoms with Gasteiger partial charge in [0, 0.05) is 27.9 Å². The highest BCUT2D eigenvalue weighted by atomic mass is 15.0. The van der Waals surface area contributed by atoms with Crippen LogP contribution >= 0.6 is 0 Å². The van der Waals surface area contributed by atoms with E-state index in [1.165, 1.54) is 72.0 Å². The van der Waals surface area contributed by atoms with E-state index in [1.54, 1.807) is 0 Å². The molecule has 0 spiro atoms. The first-order chi connectivity index (χ1) is 24.0. The summed E-state index contributed by atoms with van der Waals surface area (Å²) < 4.78 is 2.53. The van der Waals surface area contributed by atoms with Gasteiger partial charge in [0.05, 0.1) is 11.2 Å². The van der Waals surface area contributed by atoms with Gasteiger partial charge in [0.25, 0.3) is 0 Å². The molecule has 2 unspecified atom stereocenters. The lowest BCUT2D eigenvalue weighted by Crippen LogP contribution is -2.14. The summed E-state index contributed by atoms with van der Waals surface area (Å²) in [5.41, 5.74) is 12.9. The predicted octanol–water partition coefficient (Wildman–Crippen LogP) is 13.8. The first kappa shape index (κ1) is 33.5. The van der Waals surface area contributed by atoms with Gasteiger partial charge in [0.1, 0.15) is 0 Å². The van der Waals surface area contributed by atoms with Crippen molar-refractivity contribution in [1.29, 1.82) is 0 Å². The summed E-state index contributed by atoms with van der Waals surface area (Å²) in [5, 5.41) is 3.86. The van der Waals surface area contributed by atoms with Crippen molar-refractivity contribution in [1.82, 2.24) is 4.57 Å². The van der Waals surface area contributed by atoms with Crippen LogP contribution in [0, 0.1) is 12.8 Å². The number of aromatic nitrogens is 1. The Hall–Kier alpha value is -5.40. The number of hydrogen-bond donors (Lipinski definition) is 0. The number of nitrogens with zero attached hydrogens (tertiary/aromatic N) is 1. The minimum atomic E-state index is 0.320. The van der Waals surface area contributed by atoms with Crippen molar-refractivity contribution in [2.75, 3.05) is 0 Å². The zero-order valence-electron chi connectivity index (χ0n) is 29.7. The third-order valence-corrected chi connectivity index (χ3v) is 9.62. The smallest absolute Gasteiger partial charge is 0.0538 e. The van der Waals surface area contributed by atoms with Crippen molar-refractivity contribution >= 4 is 39.4 Å². The summed E-state index contributed by atoms with van der Waals surface area (Å²) in [6, 6.07) is 39.6. The van der Waals surface area contributed by atoms with Gasteiger partial charge in [-0.25, -0.2) is 0 Å². The fourth-order valence-corrected chi connectivity index (χ4v) is 7.12. The molecule has 1 aliphatic rings. The molecule has 0 saturated heterocycles. The largest absolute Gasteiger partial charge is 0.312 e. The van der Waals surface area contributed by atoms with E-state index in [9.17, 15) is 0 Å². The average Bonchev–Trinajstić information content (AvgIpc) is 3.46. The Morgan fingerprint density at radius 1 is 0.694 bits per heavy atom. The van der Waals surface area contributed by atoms with Crippen LogP contribution < -0.4 is 0 Å². The molecule has 0 saturated carbocycles. The van der Waals surface area contributed by atoms with Gasteiger partial charge >= 0.3 is 0 Å². The van der Waals surface area contributed by atoms with Crippen molar-refractivity contribution in [2.45, 2.75) is 47.5 Å². The molecule has 7 rings (SSSR count). The van der Waals surface area contributed by atoms with E-state index in [0.29, 0.717) is 11.8 Å². The molecule has 0 aliphatic heterocycles. The molecular weight excluding hydrogens is 591 g/mol. The number of fused-ring (bicyclic) bond motifs is 4. The molecule has 5 aromatic carbocycles. The van der Waals surface area contributed by atoms with Gasteiger partial charge in [-0.3, -0.25) is 0 Å². The molecule has 6 aromatic rings. The van der Waals surface area contributed by atoms with Crippen LogP contribution in [-0.4, -0.2) is 4.57 Å². The molecule has 0 bridgehead atoms. The lowest BCUT2D eigenvalue weighted by Gasteiger charge is -2.26. The molecule has 1 heterocycles. The van der Waals surface area contributed by atoms with Gasteiger partial charge in [0.15, 0.2) is 0 Å². The van der Waals surface area contributed by atoms with E-state index in [2.05, 4.69) is 197 Å². The monoisotopic (exact) mass is 637 g/mol. The van der Waals surface area contributed by atoms with Crippen molar-refractivity contribution in [3.8, 4) is 16.8 Å². The van der Waals surface area contributed by atoms with Crippen molar-refractivity contribution in [2.24, 2.45) is 5.92 Å². The third kappa shape index (κ3) is 6.80. The quantitative estimate of drug-likeness (QED) is 0.126. The number of aryl methyl sites for hydroxylation is 1. The first-order valence-corrected chi connectivity index (χ1v) is 17.5. The molecule has 0 amide bonds. The Morgan fingerprint density at radius 3 is 2.18 bits per heavy atom. The first-order valence-electron chi connectivity index (χ1n) is 17.5. The number of rotatable bonds is 6. The second kappa shape index (κ2) is 15.2. The summed E-state index contributed by atoms with van der Waals surface area (Å²) >= 11 is 0. The van der Waals surface area contributed by atoms with E-state index >= 15 is 0 Å². The molecule has 1 aliphatic carbocycles. The van der Waals surface area contributed by atoms with E-state index in [1.807, 2.05) is 13.0 Å². The maximum atomic E-state index is 2.53. The van der Waals surface area contributed by atoms with Crippen LogP contribution in [0.4, 0.5) is 0 Å². The normalized spacial score (nSPS) is 16.2. The molecule has 0 radical (unpaired) electrons. The SMILES string of the molecule is C/C=C\C(=C/C)c1ccccc1.C/C=C\c1cc(-c2ccc3c(c2)c2c(n3-c3cccc4ccccc34)C(/C=C\C)C(C)C=C2)ccc1C. The van der Waals surface area contributed by atoms with E-state index in [4.69, 9.17) is 0 Å². The van der Waals surface area contributed by atoms with Crippen LogP contribution in [0.15, 0.2) is 152 Å². The standard InChI is InChI=1S/C36H33N.C12H14/c1-5-10-27-22-28(18-16-24(27)3)29-19-21-35-33(23-29)32-20-17-25(4)30(11-6-2)36(32)37(35)34-15-9-13-26-12-7-8-14-31(26)34;1-3-8-11(4-2)12-9-6-5-7-10-12/h5-23,25,30H,1-4H3;3-10H,1-2H3/b10-5-,11-6-;8-3-,11-4+. The molecule has 0 fully saturated rings. The van der Waals surface area contributed by atoms with Gasteiger partial charge in [0.2, 0.25) is 0 Å². The number of benzene rings is 5. The van der Waals surface area contributed by atoms with Crippen LogP contribution in [0.25, 0.3) is 56.2 Å². The van der Waals surface area contributed by atoms with Gasteiger partial charge < -0.3 is 4.57 Å². The summed E-state index contributed by atoms with van der Waals surface area (Å²) in [6.45, 7) is 12.8. The molecule has 49 heavy (non-hydrogen) atoms. The Kier molecular flexibility index (Phi) is 10.4. The van der Waals surface area contributed by atoms with Gasteiger partial charge in [-0.2, -0.15) is 0 Å². The van der Waals surface area contributed by atoms with Gasteiger partial charge in [-0.05, 0) is 104 Å². The molecule has 1 aromatic heterocycles. The molecule has 2 atom stereocenters. The fraction of sp³-hybridized carbons (Fsp3) is 0.167. The van der Waals surface area contributed by atoms with Crippen LogP contribution in [0.5, 0.6) is 0 Å². The summed E-state index contributed by atoms with van der Waals surface area (Å²) in [4.78, 5) is 0. The highest BCUT2D eigenvalue weighted by Crippen LogP contribution is 2.44. The molecule has 1 nitrogen and oxygen atoms in total. The third-order valence-electron chi connectivity index (χ3n) is 9.62. The van der Waals surface area contributed by atoms with Gasteiger partial charge in [-0.15, -0.1) is 0 Å². The Balaban J connectivity index is 0.000000295. The van der Waals surface area contributed by atoms with Crippen molar-refractivity contribution < 1.29 is 0 Å². The molecule has 0 N–H and O–H groups in total. The molecular formula is C48H47N. The van der Waals surface area contributed by atoms with Crippen molar-refractivity contribution in [3.05, 3.63) is 180 Å².